The predicted octanol–water partition coefficient (Wildman–Crippen LogP) is 4.24. The number of hydrogen-bond donors (Lipinski definition) is 1. The Morgan fingerprint density at radius 1 is 0.906 bits per heavy atom. The van der Waals surface area contributed by atoms with Crippen LogP contribution in [-0.4, -0.2) is 35.7 Å². The second-order valence-electron chi connectivity index (χ2n) is 8.24. The molecule has 176 valence electrons. The smallest absolute Gasteiger partial charge is 0.368 e. The van der Waals surface area contributed by atoms with Gasteiger partial charge in [-0.3, -0.25) is 14.3 Å². The Hall–Kier alpha value is -2.71. The zero-order chi connectivity index (χ0) is 23.1. The molecule has 0 atom stereocenters. The Kier molecular flexibility index (Phi) is 8.04. The summed E-state index contributed by atoms with van der Waals surface area (Å²) in [5, 5.41) is 0. The van der Waals surface area contributed by atoms with E-state index < -0.39 is 17.4 Å². The third kappa shape index (κ3) is 6.17. The van der Waals surface area contributed by atoms with Crippen molar-refractivity contribution in [3.05, 3.63) is 56.7 Å². The highest BCUT2D eigenvalue weighted by atomic mass is 19.4. The van der Waals surface area contributed by atoms with Gasteiger partial charge in [-0.1, -0.05) is 45.1 Å². The highest BCUT2D eigenvalue weighted by Crippen LogP contribution is 2.32. The number of piperazine rings is 1. The summed E-state index contributed by atoms with van der Waals surface area (Å²) in [6.07, 6.45) is 2.07. The molecule has 0 aliphatic carbocycles. The number of benzene rings is 1. The number of anilines is 2. The number of aromatic amines is 1. The molecule has 2 heterocycles. The largest absolute Gasteiger partial charge is 0.416 e. The van der Waals surface area contributed by atoms with E-state index >= 15 is 0 Å². The lowest BCUT2D eigenvalue weighted by molar-refractivity contribution is -0.137. The molecule has 0 unspecified atom stereocenters. The van der Waals surface area contributed by atoms with Gasteiger partial charge in [0.05, 0.1) is 5.56 Å². The van der Waals surface area contributed by atoms with Crippen molar-refractivity contribution in [2.75, 3.05) is 36.0 Å². The van der Waals surface area contributed by atoms with Gasteiger partial charge in [0.2, 0.25) is 0 Å². The van der Waals surface area contributed by atoms with E-state index in [1.807, 2.05) is 9.80 Å². The number of nitrogens with one attached hydrogen (secondary N) is 1. The quantitative estimate of drug-likeness (QED) is 0.578. The van der Waals surface area contributed by atoms with Crippen LogP contribution in [0, 0.1) is 0 Å². The minimum Gasteiger partial charge on any atom is -0.368 e. The van der Waals surface area contributed by atoms with Crippen molar-refractivity contribution in [1.29, 1.82) is 0 Å². The molecule has 0 radical (unpaired) electrons. The average molecular weight is 453 g/mol. The molecule has 0 amide bonds. The average Bonchev–Trinajstić information content (AvgIpc) is 2.77. The molecule has 3 rings (SSSR count). The van der Waals surface area contributed by atoms with E-state index in [0.717, 1.165) is 31.4 Å². The number of alkyl halides is 3. The number of rotatable bonds is 9. The first-order valence-corrected chi connectivity index (χ1v) is 11.3. The van der Waals surface area contributed by atoms with E-state index in [-0.39, 0.29) is 5.56 Å². The molecule has 1 aliphatic rings. The Bertz CT molecular complexity index is 960. The molecule has 2 aromatic rings. The van der Waals surface area contributed by atoms with E-state index in [1.165, 1.54) is 36.0 Å². The van der Waals surface area contributed by atoms with Gasteiger partial charge in [-0.15, -0.1) is 0 Å². The number of hydrogen-bond acceptors (Lipinski definition) is 4. The predicted molar refractivity (Wildman–Crippen MR) is 121 cm³/mol. The number of aromatic nitrogens is 2. The summed E-state index contributed by atoms with van der Waals surface area (Å²) in [4.78, 5) is 31.5. The first-order chi connectivity index (χ1) is 15.3. The van der Waals surface area contributed by atoms with Crippen molar-refractivity contribution in [2.24, 2.45) is 0 Å². The molecule has 1 aliphatic heterocycles. The monoisotopic (exact) mass is 452 g/mol. The Morgan fingerprint density at radius 3 is 2.22 bits per heavy atom. The lowest BCUT2D eigenvalue weighted by atomic mass is 10.1. The van der Waals surface area contributed by atoms with Gasteiger partial charge in [0.1, 0.15) is 5.82 Å². The molecule has 9 heteroatoms. The van der Waals surface area contributed by atoms with Gasteiger partial charge in [0, 0.05) is 44.5 Å². The third-order valence-corrected chi connectivity index (χ3v) is 5.90. The van der Waals surface area contributed by atoms with Crippen LogP contribution in [0.4, 0.5) is 24.7 Å². The second kappa shape index (κ2) is 10.7. The van der Waals surface area contributed by atoms with Crippen LogP contribution in [0.15, 0.2) is 39.9 Å². The van der Waals surface area contributed by atoms with Gasteiger partial charge in [-0.25, -0.2) is 4.79 Å². The topological polar surface area (TPSA) is 61.3 Å². The van der Waals surface area contributed by atoms with E-state index in [2.05, 4.69) is 11.9 Å². The van der Waals surface area contributed by atoms with Crippen molar-refractivity contribution < 1.29 is 13.2 Å². The lowest BCUT2D eigenvalue weighted by Gasteiger charge is -2.37. The summed E-state index contributed by atoms with van der Waals surface area (Å²) >= 11 is 0. The van der Waals surface area contributed by atoms with Crippen LogP contribution in [0.1, 0.15) is 51.0 Å². The van der Waals surface area contributed by atoms with Gasteiger partial charge >= 0.3 is 11.9 Å². The maximum atomic E-state index is 13.0. The van der Waals surface area contributed by atoms with Gasteiger partial charge in [-0.05, 0) is 24.6 Å². The van der Waals surface area contributed by atoms with Gasteiger partial charge in [-0.2, -0.15) is 13.2 Å². The normalized spacial score (nSPS) is 14.8. The summed E-state index contributed by atoms with van der Waals surface area (Å²) < 4.78 is 40.2. The van der Waals surface area contributed by atoms with Crippen LogP contribution in [-0.2, 0) is 12.7 Å². The van der Waals surface area contributed by atoms with Crippen LogP contribution in [0.5, 0.6) is 0 Å². The van der Waals surface area contributed by atoms with Crippen LogP contribution in [0.3, 0.4) is 0 Å². The summed E-state index contributed by atoms with van der Waals surface area (Å²) in [6, 6.07) is 6.73. The molecular weight excluding hydrogens is 421 g/mol. The van der Waals surface area contributed by atoms with Crippen LogP contribution in [0.25, 0.3) is 0 Å². The molecule has 0 bridgehead atoms. The van der Waals surface area contributed by atoms with Crippen molar-refractivity contribution >= 4 is 11.5 Å². The fraction of sp³-hybridized carbons (Fsp3) is 0.565. The number of H-pyrrole nitrogens is 1. The van der Waals surface area contributed by atoms with E-state index in [0.29, 0.717) is 44.2 Å². The van der Waals surface area contributed by atoms with Crippen LogP contribution in [0.2, 0.25) is 0 Å². The first-order valence-electron chi connectivity index (χ1n) is 11.3. The standard InChI is InChI=1S/C23H31F3N4O2/c1-2-3-4-5-6-7-11-30-21(31)17-20(27-22(30)32)29-14-12-28(13-15-29)19-10-8-9-18(16-19)23(24,25)26/h8-10,16-17H,2-7,11-15H2,1H3,(H,27,32). The first kappa shape index (κ1) is 23.9. The lowest BCUT2D eigenvalue weighted by Crippen LogP contribution is -2.48. The molecular formula is C23H31F3N4O2. The minimum absolute atomic E-state index is 0.322. The highest BCUT2D eigenvalue weighted by molar-refractivity contribution is 5.51. The number of unbranched alkanes of at least 4 members (excludes halogenated alkanes) is 5. The Balaban J connectivity index is 1.59. The number of halogens is 3. The molecule has 6 nitrogen and oxygen atoms in total. The highest BCUT2D eigenvalue weighted by Gasteiger charge is 2.31. The Morgan fingerprint density at radius 2 is 1.56 bits per heavy atom. The summed E-state index contributed by atoms with van der Waals surface area (Å²) in [7, 11) is 0. The van der Waals surface area contributed by atoms with E-state index in [4.69, 9.17) is 0 Å². The second-order valence-corrected chi connectivity index (χ2v) is 8.24. The van der Waals surface area contributed by atoms with Gasteiger partial charge < -0.3 is 9.80 Å². The van der Waals surface area contributed by atoms with Crippen molar-refractivity contribution in [3.8, 4) is 0 Å². The molecule has 1 fully saturated rings. The maximum Gasteiger partial charge on any atom is 0.416 e. The molecule has 1 N–H and O–H groups in total. The Labute approximate surface area is 185 Å². The zero-order valence-electron chi connectivity index (χ0n) is 18.5. The molecule has 0 saturated carbocycles. The third-order valence-electron chi connectivity index (χ3n) is 5.90. The fourth-order valence-corrected chi connectivity index (χ4v) is 4.02. The van der Waals surface area contributed by atoms with Crippen molar-refractivity contribution in [3.63, 3.8) is 0 Å². The molecule has 1 aromatic carbocycles. The summed E-state index contributed by atoms with van der Waals surface area (Å²) in [5.74, 6) is 0.461. The summed E-state index contributed by atoms with van der Waals surface area (Å²) in [5.41, 5.74) is -0.892. The molecule has 0 spiro atoms. The van der Waals surface area contributed by atoms with Gasteiger partial charge in [0.25, 0.3) is 5.56 Å². The zero-order valence-corrected chi connectivity index (χ0v) is 18.5. The maximum absolute atomic E-state index is 13.0. The van der Waals surface area contributed by atoms with Crippen LogP contribution < -0.4 is 21.0 Å². The molecule has 1 saturated heterocycles. The summed E-state index contributed by atoms with van der Waals surface area (Å²) in [6.45, 7) is 4.53. The van der Waals surface area contributed by atoms with Gasteiger partial charge in [0.15, 0.2) is 0 Å². The SMILES string of the molecule is CCCCCCCCn1c(=O)cc(N2CCN(c3cccc(C(F)(F)F)c3)CC2)[nH]c1=O. The molecule has 1 aromatic heterocycles. The van der Waals surface area contributed by atoms with Crippen molar-refractivity contribution in [2.45, 2.75) is 58.2 Å². The van der Waals surface area contributed by atoms with Crippen LogP contribution >= 0.6 is 0 Å². The fourth-order valence-electron chi connectivity index (χ4n) is 4.02. The van der Waals surface area contributed by atoms with E-state index in [1.54, 1.807) is 6.07 Å². The van der Waals surface area contributed by atoms with Crippen molar-refractivity contribution in [1.82, 2.24) is 9.55 Å². The molecule has 32 heavy (non-hydrogen) atoms. The number of nitrogens with zero attached hydrogens (tertiary/aromatic N) is 3. The minimum atomic E-state index is -4.38. The van der Waals surface area contributed by atoms with E-state index in [9.17, 15) is 22.8 Å².